The van der Waals surface area contributed by atoms with Gasteiger partial charge in [-0.15, -0.1) is 0 Å². The molecule has 1 aliphatic rings. The molecule has 0 aromatic rings. The number of hydrogen-bond donors (Lipinski definition) is 1. The number of carbonyl (C=O) groups is 2. The summed E-state index contributed by atoms with van der Waals surface area (Å²) in [5.74, 6) is -0.223. The Labute approximate surface area is 127 Å². The molecule has 1 amide bonds. The molecule has 1 N–H and O–H groups in total. The fraction of sp³-hybridized carbons (Fsp3) is 0.875. The maximum atomic E-state index is 12.1. The Hall–Kier alpha value is -1.10. The van der Waals surface area contributed by atoms with Crippen LogP contribution in [0.3, 0.4) is 0 Å². The molecule has 0 spiro atoms. The summed E-state index contributed by atoms with van der Waals surface area (Å²) >= 11 is 0. The van der Waals surface area contributed by atoms with Crippen molar-refractivity contribution in [2.24, 2.45) is 5.92 Å². The molecule has 0 aliphatic heterocycles. The third-order valence-corrected chi connectivity index (χ3v) is 4.32. The van der Waals surface area contributed by atoms with Gasteiger partial charge in [0.1, 0.15) is 6.10 Å². The van der Waals surface area contributed by atoms with Gasteiger partial charge < -0.3 is 14.8 Å². The lowest BCUT2D eigenvalue weighted by molar-refractivity contribution is -0.149. The highest BCUT2D eigenvalue weighted by molar-refractivity contribution is 5.81. The van der Waals surface area contributed by atoms with E-state index in [1.165, 1.54) is 7.11 Å². The SMILES string of the molecule is CCC(C)(C)NC(=O)C(C)OC1CCC(C(=O)OC)CC1. The second-order valence-corrected chi connectivity index (χ2v) is 6.50. The Morgan fingerprint density at radius 3 is 2.29 bits per heavy atom. The maximum Gasteiger partial charge on any atom is 0.308 e. The molecule has 1 fully saturated rings. The molecule has 0 radical (unpaired) electrons. The molecule has 0 aromatic heterocycles. The van der Waals surface area contributed by atoms with Crippen molar-refractivity contribution in [1.29, 1.82) is 0 Å². The Balaban J connectivity index is 2.38. The Morgan fingerprint density at radius 2 is 1.81 bits per heavy atom. The van der Waals surface area contributed by atoms with Gasteiger partial charge in [0.15, 0.2) is 0 Å². The second kappa shape index (κ2) is 7.78. The van der Waals surface area contributed by atoms with Gasteiger partial charge in [0, 0.05) is 5.54 Å². The summed E-state index contributed by atoms with van der Waals surface area (Å²) in [6, 6.07) is 0. The third kappa shape index (κ3) is 5.65. The average Bonchev–Trinajstić information content (AvgIpc) is 2.46. The van der Waals surface area contributed by atoms with E-state index in [0.717, 1.165) is 32.1 Å². The molecule has 21 heavy (non-hydrogen) atoms. The van der Waals surface area contributed by atoms with Gasteiger partial charge >= 0.3 is 5.97 Å². The minimum atomic E-state index is -0.462. The number of methoxy groups -OCH3 is 1. The van der Waals surface area contributed by atoms with Crippen molar-refractivity contribution in [1.82, 2.24) is 5.32 Å². The van der Waals surface area contributed by atoms with Crippen LogP contribution in [0, 0.1) is 5.92 Å². The molecule has 1 atom stereocenters. The smallest absolute Gasteiger partial charge is 0.308 e. The van der Waals surface area contributed by atoms with Gasteiger partial charge in [0.2, 0.25) is 5.91 Å². The molecule has 0 saturated heterocycles. The zero-order valence-corrected chi connectivity index (χ0v) is 13.9. The van der Waals surface area contributed by atoms with Crippen molar-refractivity contribution >= 4 is 11.9 Å². The quantitative estimate of drug-likeness (QED) is 0.765. The molecule has 0 bridgehead atoms. The van der Waals surface area contributed by atoms with Gasteiger partial charge in [-0.05, 0) is 52.9 Å². The lowest BCUT2D eigenvalue weighted by Gasteiger charge is -2.31. The highest BCUT2D eigenvalue weighted by atomic mass is 16.5. The molecule has 1 aliphatic carbocycles. The molecule has 5 nitrogen and oxygen atoms in total. The lowest BCUT2D eigenvalue weighted by Crippen LogP contribution is -2.48. The molecule has 0 aromatic carbocycles. The van der Waals surface area contributed by atoms with Gasteiger partial charge in [-0.2, -0.15) is 0 Å². The average molecular weight is 299 g/mol. The predicted molar refractivity (Wildman–Crippen MR) is 80.8 cm³/mol. The normalized spacial score (nSPS) is 24.2. The highest BCUT2D eigenvalue weighted by Gasteiger charge is 2.30. The number of nitrogens with one attached hydrogen (secondary N) is 1. The summed E-state index contributed by atoms with van der Waals surface area (Å²) in [6.07, 6.45) is 3.60. The first kappa shape index (κ1) is 18.0. The summed E-state index contributed by atoms with van der Waals surface area (Å²) < 4.78 is 10.6. The molecule has 1 saturated carbocycles. The van der Waals surface area contributed by atoms with Crippen molar-refractivity contribution < 1.29 is 19.1 Å². The van der Waals surface area contributed by atoms with Crippen LogP contribution in [0.25, 0.3) is 0 Å². The van der Waals surface area contributed by atoms with E-state index in [1.807, 2.05) is 20.8 Å². The molecule has 1 rings (SSSR count). The molecule has 1 unspecified atom stereocenters. The number of esters is 1. The summed E-state index contributed by atoms with van der Waals surface area (Å²) in [6.45, 7) is 7.83. The van der Waals surface area contributed by atoms with E-state index >= 15 is 0 Å². The van der Waals surface area contributed by atoms with Crippen LogP contribution in [0.1, 0.15) is 59.8 Å². The van der Waals surface area contributed by atoms with Crippen LogP contribution in [0.4, 0.5) is 0 Å². The Bertz CT molecular complexity index is 359. The molecule has 0 heterocycles. The van der Waals surface area contributed by atoms with Gasteiger partial charge in [0.25, 0.3) is 0 Å². The fourth-order valence-electron chi connectivity index (χ4n) is 2.48. The first-order chi connectivity index (χ1) is 9.79. The summed E-state index contributed by atoms with van der Waals surface area (Å²) in [5.41, 5.74) is -0.211. The zero-order chi connectivity index (χ0) is 16.0. The van der Waals surface area contributed by atoms with Gasteiger partial charge in [0.05, 0.1) is 19.1 Å². The molecule has 5 heteroatoms. The first-order valence-corrected chi connectivity index (χ1v) is 7.84. The van der Waals surface area contributed by atoms with E-state index in [1.54, 1.807) is 6.92 Å². The molecule has 122 valence electrons. The van der Waals surface area contributed by atoms with E-state index in [-0.39, 0.29) is 29.4 Å². The summed E-state index contributed by atoms with van der Waals surface area (Å²) in [7, 11) is 1.42. The van der Waals surface area contributed by atoms with Crippen molar-refractivity contribution in [3.63, 3.8) is 0 Å². The number of amides is 1. The Kier molecular flexibility index (Phi) is 6.65. The van der Waals surface area contributed by atoms with E-state index in [0.29, 0.717) is 0 Å². The van der Waals surface area contributed by atoms with E-state index in [2.05, 4.69) is 5.32 Å². The second-order valence-electron chi connectivity index (χ2n) is 6.50. The van der Waals surface area contributed by atoms with Gasteiger partial charge in [-0.25, -0.2) is 0 Å². The monoisotopic (exact) mass is 299 g/mol. The van der Waals surface area contributed by atoms with E-state index in [4.69, 9.17) is 9.47 Å². The number of rotatable bonds is 6. The predicted octanol–water partition coefficient (Wildman–Crippen LogP) is 2.43. The van der Waals surface area contributed by atoms with Crippen LogP contribution in [0.15, 0.2) is 0 Å². The third-order valence-electron chi connectivity index (χ3n) is 4.32. The molecular formula is C16H29NO4. The van der Waals surface area contributed by atoms with Crippen molar-refractivity contribution in [3.8, 4) is 0 Å². The standard InChI is InChI=1S/C16H29NO4/c1-6-16(3,4)17-14(18)11(2)21-13-9-7-12(8-10-13)15(19)20-5/h11-13H,6-10H2,1-5H3,(H,17,18). The van der Waals surface area contributed by atoms with Gasteiger partial charge in [-0.1, -0.05) is 6.92 Å². The number of carbonyl (C=O) groups excluding carboxylic acids is 2. The number of hydrogen-bond acceptors (Lipinski definition) is 4. The summed E-state index contributed by atoms with van der Waals surface area (Å²) in [5, 5.41) is 2.99. The van der Waals surface area contributed by atoms with Crippen molar-refractivity contribution in [3.05, 3.63) is 0 Å². The summed E-state index contributed by atoms with van der Waals surface area (Å²) in [4.78, 5) is 23.6. The van der Waals surface area contributed by atoms with E-state index in [9.17, 15) is 9.59 Å². The van der Waals surface area contributed by atoms with Crippen LogP contribution in [-0.4, -0.2) is 36.7 Å². The van der Waals surface area contributed by atoms with Crippen molar-refractivity contribution in [2.75, 3.05) is 7.11 Å². The minimum Gasteiger partial charge on any atom is -0.469 e. The minimum absolute atomic E-state index is 0.0157. The topological polar surface area (TPSA) is 64.6 Å². The van der Waals surface area contributed by atoms with Crippen LogP contribution >= 0.6 is 0 Å². The van der Waals surface area contributed by atoms with E-state index < -0.39 is 6.10 Å². The van der Waals surface area contributed by atoms with Crippen LogP contribution in [0.5, 0.6) is 0 Å². The molecular weight excluding hydrogens is 270 g/mol. The van der Waals surface area contributed by atoms with Gasteiger partial charge in [-0.3, -0.25) is 9.59 Å². The van der Waals surface area contributed by atoms with Crippen LogP contribution in [0.2, 0.25) is 0 Å². The van der Waals surface area contributed by atoms with Crippen LogP contribution < -0.4 is 5.32 Å². The van der Waals surface area contributed by atoms with Crippen LogP contribution in [-0.2, 0) is 19.1 Å². The number of ether oxygens (including phenoxy) is 2. The Morgan fingerprint density at radius 1 is 1.24 bits per heavy atom. The fourth-order valence-corrected chi connectivity index (χ4v) is 2.48. The maximum absolute atomic E-state index is 12.1. The highest BCUT2D eigenvalue weighted by Crippen LogP contribution is 2.27. The first-order valence-electron chi connectivity index (χ1n) is 7.84. The van der Waals surface area contributed by atoms with Crippen molar-refractivity contribution in [2.45, 2.75) is 77.5 Å². The largest absolute Gasteiger partial charge is 0.469 e. The zero-order valence-electron chi connectivity index (χ0n) is 13.9. The lowest BCUT2D eigenvalue weighted by atomic mass is 9.87.